The Morgan fingerprint density at radius 1 is 1.10 bits per heavy atom. The number of benzene rings is 2. The Hall–Kier alpha value is -1.51. The molecule has 0 heterocycles. The van der Waals surface area contributed by atoms with Gasteiger partial charge in [-0.1, -0.05) is 53.0 Å². The van der Waals surface area contributed by atoms with Crippen LogP contribution in [0.1, 0.15) is 21.5 Å². The summed E-state index contributed by atoms with van der Waals surface area (Å²) < 4.78 is 0. The highest BCUT2D eigenvalue weighted by atomic mass is 35.5. The topological polar surface area (TPSA) is 20.3 Å². The van der Waals surface area contributed by atoms with E-state index in [0.29, 0.717) is 22.2 Å². The molecule has 1 amide bonds. The van der Waals surface area contributed by atoms with Gasteiger partial charge in [0.2, 0.25) is 0 Å². The van der Waals surface area contributed by atoms with Crippen LogP contribution in [0.2, 0.25) is 10.0 Å². The maximum atomic E-state index is 12.3. The van der Waals surface area contributed by atoms with E-state index >= 15 is 0 Å². The molecule has 0 unspecified atom stereocenters. The second-order valence-corrected chi connectivity index (χ2v) is 5.61. The smallest absolute Gasteiger partial charge is 0.255 e. The summed E-state index contributed by atoms with van der Waals surface area (Å²) in [6, 6.07) is 13.0. The van der Waals surface area contributed by atoms with Crippen molar-refractivity contribution in [1.29, 1.82) is 0 Å². The molecule has 0 aromatic heterocycles. The van der Waals surface area contributed by atoms with Crippen molar-refractivity contribution in [3.8, 4) is 0 Å². The minimum atomic E-state index is -0.118. The lowest BCUT2D eigenvalue weighted by Gasteiger charge is -2.18. The fourth-order valence-corrected chi connectivity index (χ4v) is 2.40. The number of amides is 1. The van der Waals surface area contributed by atoms with Crippen molar-refractivity contribution >= 4 is 29.1 Å². The highest BCUT2D eigenvalue weighted by molar-refractivity contribution is 6.36. The van der Waals surface area contributed by atoms with Crippen LogP contribution in [0.15, 0.2) is 42.5 Å². The largest absolute Gasteiger partial charge is 0.337 e. The highest BCUT2D eigenvalue weighted by Gasteiger charge is 2.15. The highest BCUT2D eigenvalue weighted by Crippen LogP contribution is 2.22. The SMILES string of the molecule is Cc1ccc(CN(C)C(=O)c2ccc(Cl)cc2Cl)cc1. The third-order valence-corrected chi connectivity index (χ3v) is 3.60. The maximum Gasteiger partial charge on any atom is 0.255 e. The number of carbonyl (C=O) groups is 1. The molecule has 0 N–H and O–H groups in total. The van der Waals surface area contributed by atoms with E-state index < -0.39 is 0 Å². The first kappa shape index (κ1) is 14.9. The predicted octanol–water partition coefficient (Wildman–Crippen LogP) is 4.57. The van der Waals surface area contributed by atoms with Gasteiger partial charge in [0.1, 0.15) is 0 Å². The second-order valence-electron chi connectivity index (χ2n) is 4.77. The fourth-order valence-electron chi connectivity index (χ4n) is 1.91. The Balaban J connectivity index is 2.14. The van der Waals surface area contributed by atoms with E-state index in [9.17, 15) is 4.79 Å². The zero-order valence-corrected chi connectivity index (χ0v) is 12.9. The average Bonchev–Trinajstić information content (AvgIpc) is 2.40. The van der Waals surface area contributed by atoms with E-state index in [2.05, 4.69) is 0 Å². The molecule has 2 nitrogen and oxygen atoms in total. The number of hydrogen-bond donors (Lipinski definition) is 0. The van der Waals surface area contributed by atoms with E-state index in [1.807, 2.05) is 31.2 Å². The van der Waals surface area contributed by atoms with Crippen LogP contribution in [0.4, 0.5) is 0 Å². The summed E-state index contributed by atoms with van der Waals surface area (Å²) in [6.07, 6.45) is 0. The summed E-state index contributed by atoms with van der Waals surface area (Å²) in [5.41, 5.74) is 2.74. The molecular weight excluding hydrogens is 293 g/mol. The van der Waals surface area contributed by atoms with Crippen LogP contribution >= 0.6 is 23.2 Å². The molecular formula is C16H15Cl2NO. The Morgan fingerprint density at radius 3 is 2.35 bits per heavy atom. The molecule has 0 atom stereocenters. The van der Waals surface area contributed by atoms with E-state index in [1.54, 1.807) is 30.1 Å². The molecule has 0 radical (unpaired) electrons. The predicted molar refractivity (Wildman–Crippen MR) is 83.4 cm³/mol. The Kier molecular flexibility index (Phi) is 4.69. The van der Waals surface area contributed by atoms with Gasteiger partial charge < -0.3 is 4.90 Å². The van der Waals surface area contributed by atoms with Gasteiger partial charge in [0.05, 0.1) is 10.6 Å². The van der Waals surface area contributed by atoms with Gasteiger partial charge in [0.15, 0.2) is 0 Å². The van der Waals surface area contributed by atoms with Gasteiger partial charge >= 0.3 is 0 Å². The maximum absolute atomic E-state index is 12.3. The first-order valence-electron chi connectivity index (χ1n) is 6.23. The van der Waals surface area contributed by atoms with E-state index in [4.69, 9.17) is 23.2 Å². The van der Waals surface area contributed by atoms with E-state index in [-0.39, 0.29) is 5.91 Å². The minimum Gasteiger partial charge on any atom is -0.337 e. The van der Waals surface area contributed by atoms with Crippen LogP contribution in [0.5, 0.6) is 0 Å². The van der Waals surface area contributed by atoms with Gasteiger partial charge in [-0.05, 0) is 30.7 Å². The summed E-state index contributed by atoms with van der Waals surface area (Å²) in [5.74, 6) is -0.118. The standard InChI is InChI=1S/C16H15Cl2NO/c1-11-3-5-12(6-4-11)10-19(2)16(20)14-8-7-13(17)9-15(14)18/h3-9H,10H2,1-2H3. The van der Waals surface area contributed by atoms with Gasteiger partial charge in [-0.25, -0.2) is 0 Å². The molecule has 2 aromatic carbocycles. The van der Waals surface area contributed by atoms with Gasteiger partial charge in [-0.2, -0.15) is 0 Å². The van der Waals surface area contributed by atoms with Crippen molar-refractivity contribution in [1.82, 2.24) is 4.90 Å². The zero-order valence-electron chi connectivity index (χ0n) is 11.4. The monoisotopic (exact) mass is 307 g/mol. The van der Waals surface area contributed by atoms with Crippen LogP contribution in [-0.4, -0.2) is 17.9 Å². The average molecular weight is 308 g/mol. The lowest BCUT2D eigenvalue weighted by atomic mass is 10.1. The molecule has 0 fully saturated rings. The number of nitrogens with zero attached hydrogens (tertiary/aromatic N) is 1. The van der Waals surface area contributed by atoms with Crippen molar-refractivity contribution in [2.24, 2.45) is 0 Å². The second kappa shape index (κ2) is 6.29. The summed E-state index contributed by atoms with van der Waals surface area (Å²) in [6.45, 7) is 2.57. The normalized spacial score (nSPS) is 10.4. The van der Waals surface area contributed by atoms with Gasteiger partial charge in [0.25, 0.3) is 5.91 Å². The van der Waals surface area contributed by atoms with Crippen LogP contribution < -0.4 is 0 Å². The molecule has 0 saturated heterocycles. The van der Waals surface area contributed by atoms with Crippen molar-refractivity contribution in [2.45, 2.75) is 13.5 Å². The van der Waals surface area contributed by atoms with Crippen LogP contribution in [0, 0.1) is 6.92 Å². The van der Waals surface area contributed by atoms with Gasteiger partial charge in [-0.3, -0.25) is 4.79 Å². The number of carbonyl (C=O) groups excluding carboxylic acids is 1. The number of hydrogen-bond acceptors (Lipinski definition) is 1. The van der Waals surface area contributed by atoms with Crippen molar-refractivity contribution in [3.05, 3.63) is 69.2 Å². The molecule has 4 heteroatoms. The van der Waals surface area contributed by atoms with Crippen LogP contribution in [0.25, 0.3) is 0 Å². The van der Waals surface area contributed by atoms with Crippen LogP contribution in [0.3, 0.4) is 0 Å². The lowest BCUT2D eigenvalue weighted by Crippen LogP contribution is -2.26. The molecule has 0 aliphatic carbocycles. The van der Waals surface area contributed by atoms with Gasteiger partial charge in [0, 0.05) is 18.6 Å². The molecule has 104 valence electrons. The Morgan fingerprint density at radius 2 is 1.75 bits per heavy atom. The molecule has 20 heavy (non-hydrogen) atoms. The summed E-state index contributed by atoms with van der Waals surface area (Å²) in [7, 11) is 1.76. The summed E-state index contributed by atoms with van der Waals surface area (Å²) in [5, 5.41) is 0.894. The van der Waals surface area contributed by atoms with Crippen molar-refractivity contribution in [3.63, 3.8) is 0 Å². The van der Waals surface area contributed by atoms with Gasteiger partial charge in [-0.15, -0.1) is 0 Å². The molecule has 0 saturated carbocycles. The zero-order chi connectivity index (χ0) is 14.7. The first-order valence-corrected chi connectivity index (χ1v) is 6.99. The molecule has 0 aliphatic heterocycles. The third-order valence-electron chi connectivity index (χ3n) is 3.05. The van der Waals surface area contributed by atoms with E-state index in [0.717, 1.165) is 5.56 Å². The molecule has 2 rings (SSSR count). The fraction of sp³-hybridized carbons (Fsp3) is 0.188. The quantitative estimate of drug-likeness (QED) is 0.813. The number of halogens is 2. The molecule has 0 bridgehead atoms. The Bertz CT molecular complexity index is 623. The molecule has 2 aromatic rings. The third kappa shape index (κ3) is 3.53. The number of aryl methyl sites for hydroxylation is 1. The van der Waals surface area contributed by atoms with Crippen molar-refractivity contribution in [2.75, 3.05) is 7.05 Å². The van der Waals surface area contributed by atoms with Crippen molar-refractivity contribution < 1.29 is 4.79 Å². The number of rotatable bonds is 3. The summed E-state index contributed by atoms with van der Waals surface area (Å²) in [4.78, 5) is 14.0. The molecule has 0 spiro atoms. The minimum absolute atomic E-state index is 0.118. The first-order chi connectivity index (χ1) is 9.47. The van der Waals surface area contributed by atoms with E-state index in [1.165, 1.54) is 5.56 Å². The Labute approximate surface area is 128 Å². The lowest BCUT2D eigenvalue weighted by molar-refractivity contribution is 0.0785. The molecule has 0 aliphatic rings. The van der Waals surface area contributed by atoms with Crippen LogP contribution in [-0.2, 0) is 6.54 Å². The summed E-state index contributed by atoms with van der Waals surface area (Å²) >= 11 is 11.9.